The fraction of sp³-hybridized carbons (Fsp3) is 0.316. The molecular formula is C19H22N2O2. The first kappa shape index (κ1) is 15.6. The standard InChI is InChI=1S/C19H22N2O2/c1-12(2)18(21-11-15-16(22)8-6-10-20-15)19-13(3)14-7-4-5-9-17(14)23-19/h4-10,12,18,21-22H,11H2,1-3H3. The SMILES string of the molecule is Cc1c(C(NCc2ncccc2O)C(C)C)oc2ccccc12. The van der Waals surface area contributed by atoms with Crippen molar-refractivity contribution in [3.63, 3.8) is 0 Å². The molecular weight excluding hydrogens is 288 g/mol. The number of furan rings is 1. The van der Waals surface area contributed by atoms with Gasteiger partial charge in [0.1, 0.15) is 17.1 Å². The predicted molar refractivity (Wildman–Crippen MR) is 91.3 cm³/mol. The molecule has 1 atom stereocenters. The molecule has 2 heterocycles. The number of pyridine rings is 1. The van der Waals surface area contributed by atoms with E-state index in [9.17, 15) is 5.11 Å². The lowest BCUT2D eigenvalue weighted by molar-refractivity contribution is 0.342. The monoisotopic (exact) mass is 310 g/mol. The summed E-state index contributed by atoms with van der Waals surface area (Å²) in [7, 11) is 0. The highest BCUT2D eigenvalue weighted by atomic mass is 16.3. The summed E-state index contributed by atoms with van der Waals surface area (Å²) < 4.78 is 6.10. The average molecular weight is 310 g/mol. The Morgan fingerprint density at radius 2 is 1.96 bits per heavy atom. The van der Waals surface area contributed by atoms with E-state index in [4.69, 9.17) is 4.42 Å². The van der Waals surface area contributed by atoms with E-state index in [1.807, 2.05) is 18.2 Å². The highest BCUT2D eigenvalue weighted by Gasteiger charge is 2.23. The van der Waals surface area contributed by atoms with Crippen molar-refractivity contribution in [1.82, 2.24) is 10.3 Å². The predicted octanol–water partition coefficient (Wildman–Crippen LogP) is 4.33. The summed E-state index contributed by atoms with van der Waals surface area (Å²) in [6, 6.07) is 11.5. The number of benzene rings is 1. The minimum atomic E-state index is 0.0591. The molecule has 0 aliphatic heterocycles. The summed E-state index contributed by atoms with van der Waals surface area (Å²) in [6.07, 6.45) is 1.69. The first-order valence-corrected chi connectivity index (χ1v) is 7.92. The lowest BCUT2D eigenvalue weighted by Gasteiger charge is -2.21. The van der Waals surface area contributed by atoms with Gasteiger partial charge in [-0.2, -0.15) is 0 Å². The molecule has 120 valence electrons. The number of nitrogens with zero attached hydrogens (tertiary/aromatic N) is 1. The van der Waals surface area contributed by atoms with Crippen molar-refractivity contribution in [2.45, 2.75) is 33.4 Å². The number of rotatable bonds is 5. The van der Waals surface area contributed by atoms with Gasteiger partial charge in [-0.1, -0.05) is 32.0 Å². The molecule has 3 aromatic rings. The number of para-hydroxylation sites is 1. The minimum absolute atomic E-state index is 0.0591. The van der Waals surface area contributed by atoms with E-state index in [1.165, 1.54) is 0 Å². The molecule has 1 aromatic carbocycles. The van der Waals surface area contributed by atoms with Crippen molar-refractivity contribution in [1.29, 1.82) is 0 Å². The van der Waals surface area contributed by atoms with Crippen LogP contribution in [0.25, 0.3) is 11.0 Å². The Morgan fingerprint density at radius 3 is 2.65 bits per heavy atom. The maximum Gasteiger partial charge on any atom is 0.138 e. The number of nitrogens with one attached hydrogen (secondary N) is 1. The number of aromatic nitrogens is 1. The van der Waals surface area contributed by atoms with Crippen LogP contribution in [0.3, 0.4) is 0 Å². The molecule has 2 aromatic heterocycles. The zero-order valence-corrected chi connectivity index (χ0v) is 13.7. The summed E-state index contributed by atoms with van der Waals surface area (Å²) >= 11 is 0. The zero-order valence-electron chi connectivity index (χ0n) is 13.7. The Hall–Kier alpha value is -2.33. The second-order valence-electron chi connectivity index (χ2n) is 6.16. The molecule has 0 saturated carbocycles. The highest BCUT2D eigenvalue weighted by molar-refractivity contribution is 5.82. The van der Waals surface area contributed by atoms with Crippen molar-refractivity contribution in [3.8, 4) is 5.75 Å². The van der Waals surface area contributed by atoms with Crippen molar-refractivity contribution in [2.24, 2.45) is 5.92 Å². The van der Waals surface area contributed by atoms with Gasteiger partial charge in [-0.05, 0) is 36.6 Å². The van der Waals surface area contributed by atoms with Gasteiger partial charge in [0.15, 0.2) is 0 Å². The van der Waals surface area contributed by atoms with Crippen LogP contribution in [0.2, 0.25) is 0 Å². The van der Waals surface area contributed by atoms with Crippen molar-refractivity contribution >= 4 is 11.0 Å². The third kappa shape index (κ3) is 3.08. The molecule has 0 amide bonds. The number of hydrogen-bond donors (Lipinski definition) is 2. The van der Waals surface area contributed by atoms with Gasteiger partial charge >= 0.3 is 0 Å². The topological polar surface area (TPSA) is 58.3 Å². The fourth-order valence-electron chi connectivity index (χ4n) is 2.89. The molecule has 3 rings (SSSR count). The molecule has 0 bridgehead atoms. The number of hydrogen-bond acceptors (Lipinski definition) is 4. The van der Waals surface area contributed by atoms with Gasteiger partial charge in [0.2, 0.25) is 0 Å². The third-order valence-corrected chi connectivity index (χ3v) is 4.19. The third-order valence-electron chi connectivity index (χ3n) is 4.19. The van der Waals surface area contributed by atoms with E-state index in [1.54, 1.807) is 18.3 Å². The molecule has 4 nitrogen and oxygen atoms in total. The van der Waals surface area contributed by atoms with Crippen molar-refractivity contribution in [3.05, 3.63) is 59.6 Å². The number of aryl methyl sites for hydroxylation is 1. The Bertz CT molecular complexity index is 808. The first-order chi connectivity index (χ1) is 11.1. The normalized spacial score (nSPS) is 12.9. The van der Waals surface area contributed by atoms with Gasteiger partial charge in [0.25, 0.3) is 0 Å². The van der Waals surface area contributed by atoms with E-state index >= 15 is 0 Å². The molecule has 1 unspecified atom stereocenters. The molecule has 0 spiro atoms. The summed E-state index contributed by atoms with van der Waals surface area (Å²) in [5.41, 5.74) is 2.72. The second-order valence-corrected chi connectivity index (χ2v) is 6.16. The van der Waals surface area contributed by atoms with E-state index in [-0.39, 0.29) is 11.8 Å². The van der Waals surface area contributed by atoms with Crippen LogP contribution in [0.5, 0.6) is 5.75 Å². The summed E-state index contributed by atoms with van der Waals surface area (Å²) in [6.45, 7) is 6.90. The molecule has 23 heavy (non-hydrogen) atoms. The maximum absolute atomic E-state index is 9.88. The minimum Gasteiger partial charge on any atom is -0.506 e. The summed E-state index contributed by atoms with van der Waals surface area (Å²) in [5, 5.41) is 14.5. The Labute approximate surface area is 136 Å². The zero-order chi connectivity index (χ0) is 16.4. The molecule has 0 saturated heterocycles. The van der Waals surface area contributed by atoms with Crippen LogP contribution in [0.4, 0.5) is 0 Å². The molecule has 0 fully saturated rings. The van der Waals surface area contributed by atoms with Crippen LogP contribution in [0.15, 0.2) is 47.0 Å². The largest absolute Gasteiger partial charge is 0.506 e. The van der Waals surface area contributed by atoms with Gasteiger partial charge in [0.05, 0.1) is 11.7 Å². The molecule has 0 radical (unpaired) electrons. The average Bonchev–Trinajstić information content (AvgIpc) is 2.86. The quantitative estimate of drug-likeness (QED) is 0.736. The second kappa shape index (κ2) is 6.42. The van der Waals surface area contributed by atoms with E-state index in [2.05, 4.69) is 37.1 Å². The van der Waals surface area contributed by atoms with Gasteiger partial charge in [-0.25, -0.2) is 0 Å². The first-order valence-electron chi connectivity index (χ1n) is 7.92. The van der Waals surface area contributed by atoms with E-state index in [0.717, 1.165) is 22.3 Å². The fourth-order valence-corrected chi connectivity index (χ4v) is 2.89. The van der Waals surface area contributed by atoms with E-state index in [0.29, 0.717) is 18.2 Å². The van der Waals surface area contributed by atoms with Crippen LogP contribution >= 0.6 is 0 Å². The van der Waals surface area contributed by atoms with Crippen LogP contribution < -0.4 is 5.32 Å². The number of fused-ring (bicyclic) bond motifs is 1. The highest BCUT2D eigenvalue weighted by Crippen LogP contribution is 2.33. The molecule has 0 aliphatic carbocycles. The van der Waals surface area contributed by atoms with Gasteiger partial charge < -0.3 is 14.8 Å². The lowest BCUT2D eigenvalue weighted by atomic mass is 9.98. The molecule has 0 aliphatic rings. The Kier molecular flexibility index (Phi) is 4.35. The maximum atomic E-state index is 9.88. The molecule has 4 heteroatoms. The van der Waals surface area contributed by atoms with Gasteiger partial charge in [0, 0.05) is 18.1 Å². The van der Waals surface area contributed by atoms with Crippen LogP contribution in [0.1, 0.15) is 36.9 Å². The Morgan fingerprint density at radius 1 is 1.17 bits per heavy atom. The van der Waals surface area contributed by atoms with Crippen molar-refractivity contribution < 1.29 is 9.52 Å². The summed E-state index contributed by atoms with van der Waals surface area (Å²) in [4.78, 5) is 4.23. The van der Waals surface area contributed by atoms with Crippen LogP contribution in [-0.2, 0) is 6.54 Å². The smallest absolute Gasteiger partial charge is 0.138 e. The van der Waals surface area contributed by atoms with Crippen LogP contribution in [0, 0.1) is 12.8 Å². The lowest BCUT2D eigenvalue weighted by Crippen LogP contribution is -2.26. The van der Waals surface area contributed by atoms with Gasteiger partial charge in [-0.15, -0.1) is 0 Å². The van der Waals surface area contributed by atoms with Crippen LogP contribution in [-0.4, -0.2) is 10.1 Å². The van der Waals surface area contributed by atoms with E-state index < -0.39 is 0 Å². The van der Waals surface area contributed by atoms with Crippen molar-refractivity contribution in [2.75, 3.05) is 0 Å². The number of aromatic hydroxyl groups is 1. The van der Waals surface area contributed by atoms with Gasteiger partial charge in [-0.3, -0.25) is 4.98 Å². The summed E-state index contributed by atoms with van der Waals surface area (Å²) in [5.74, 6) is 1.51. The Balaban J connectivity index is 1.89. The molecule has 2 N–H and O–H groups in total.